The number of imide groups is 1. The van der Waals surface area contributed by atoms with Gasteiger partial charge in [-0.15, -0.1) is 0 Å². The van der Waals surface area contributed by atoms with Crippen molar-refractivity contribution in [2.24, 2.45) is 0 Å². The Balaban J connectivity index is 1.58. The van der Waals surface area contributed by atoms with Crippen LogP contribution in [0.5, 0.6) is 0 Å². The number of carboxylic acids is 1. The summed E-state index contributed by atoms with van der Waals surface area (Å²) in [5.74, 6) is -2.80. The van der Waals surface area contributed by atoms with Crippen LogP contribution in [0.25, 0.3) is 70.5 Å². The Morgan fingerprint density at radius 3 is 1.80 bits per heavy atom. The summed E-state index contributed by atoms with van der Waals surface area (Å²) in [6.07, 6.45) is 0. The van der Waals surface area contributed by atoms with Gasteiger partial charge in [-0.25, -0.2) is 4.98 Å². The highest BCUT2D eigenvalue weighted by Crippen LogP contribution is 2.50. The number of fused-ring (bicyclic) bond motifs is 6. The van der Waals surface area contributed by atoms with Crippen LogP contribution in [0.2, 0.25) is 0 Å². The number of carboxylic acid groups (broad SMARTS) is 1. The number of aryl methyl sites for hydroxylation is 4. The second-order valence-electron chi connectivity index (χ2n) is 12.1. The molecule has 0 N–H and O–H groups in total. The highest BCUT2D eigenvalue weighted by atomic mass is 16.4. The average Bonchev–Trinajstić information content (AvgIpc) is 3.38. The lowest BCUT2D eigenvalue weighted by molar-refractivity contribution is -0.305. The van der Waals surface area contributed by atoms with Crippen molar-refractivity contribution in [3.63, 3.8) is 0 Å². The van der Waals surface area contributed by atoms with Crippen LogP contribution in [0.15, 0.2) is 53.3 Å². The van der Waals surface area contributed by atoms with E-state index >= 15 is 0 Å². The van der Waals surface area contributed by atoms with Crippen molar-refractivity contribution in [3.05, 3.63) is 92.3 Å². The van der Waals surface area contributed by atoms with Crippen molar-refractivity contribution in [3.8, 4) is 0 Å². The number of amides is 2. The van der Waals surface area contributed by atoms with E-state index in [1.807, 2.05) is 58.0 Å². The van der Waals surface area contributed by atoms with Gasteiger partial charge in [-0.2, -0.15) is 0 Å². The molecule has 8 heteroatoms. The number of hydrogen-bond donors (Lipinski definition) is 0. The molecule has 8 aromatic rings. The first-order valence-corrected chi connectivity index (χ1v) is 14.4. The predicted octanol–water partition coefficient (Wildman–Crippen LogP) is 5.07. The standard InChI is InChI=1S/C36H23N3O5/c1-14-9-18-29-21(36(44)39-23-8-6-5-7-22(23)37-33(18)39)12-17(4)26-28-16(3)11-20-30-19(34(42)38(35(20)43)13-24(40)41)10-15(2)27(32(28)30)25(14)31(26)29/h5-12H,13H2,1-4H3,(H,40,41)/p-1. The zero-order chi connectivity index (χ0) is 30.5. The number of imidazole rings is 1. The third kappa shape index (κ3) is 2.72. The molecule has 1 aliphatic rings. The summed E-state index contributed by atoms with van der Waals surface area (Å²) < 4.78 is 1.71. The molecule has 0 atom stereocenters. The summed E-state index contributed by atoms with van der Waals surface area (Å²) in [6.45, 7) is 7.09. The van der Waals surface area contributed by atoms with E-state index in [4.69, 9.17) is 4.98 Å². The van der Waals surface area contributed by atoms with Gasteiger partial charge in [-0.05, 0) is 119 Å². The Morgan fingerprint density at radius 1 is 0.682 bits per heavy atom. The molecule has 1 aliphatic heterocycles. The van der Waals surface area contributed by atoms with Crippen LogP contribution in [-0.4, -0.2) is 38.6 Å². The van der Waals surface area contributed by atoms with Crippen LogP contribution in [0, 0.1) is 27.7 Å². The van der Waals surface area contributed by atoms with Gasteiger partial charge < -0.3 is 9.90 Å². The van der Waals surface area contributed by atoms with Crippen LogP contribution in [0.4, 0.5) is 0 Å². The minimum Gasteiger partial charge on any atom is -0.548 e. The van der Waals surface area contributed by atoms with E-state index in [-0.39, 0.29) is 5.56 Å². The van der Waals surface area contributed by atoms with Gasteiger partial charge in [0.15, 0.2) is 0 Å². The number of benzene rings is 6. The number of hydrogen-bond acceptors (Lipinski definition) is 6. The molecule has 9 rings (SSSR count). The number of nitrogens with zero attached hydrogens (tertiary/aromatic N) is 3. The van der Waals surface area contributed by atoms with E-state index in [1.165, 1.54) is 0 Å². The average molecular weight is 577 g/mol. The fraction of sp³-hybridized carbons (Fsp3) is 0.139. The zero-order valence-electron chi connectivity index (χ0n) is 24.2. The Bertz CT molecular complexity index is 2700. The summed E-state index contributed by atoms with van der Waals surface area (Å²) in [5, 5.41) is 19.9. The molecule has 8 nitrogen and oxygen atoms in total. The highest BCUT2D eigenvalue weighted by Gasteiger charge is 2.36. The first kappa shape index (κ1) is 24.9. The second kappa shape index (κ2) is 7.85. The molecule has 0 radical (unpaired) electrons. The van der Waals surface area contributed by atoms with E-state index in [1.54, 1.807) is 16.5 Å². The van der Waals surface area contributed by atoms with E-state index in [2.05, 4.69) is 6.07 Å². The van der Waals surface area contributed by atoms with Crippen LogP contribution < -0.4 is 10.7 Å². The molecule has 2 aromatic heterocycles. The van der Waals surface area contributed by atoms with E-state index in [9.17, 15) is 24.3 Å². The molecular weight excluding hydrogens is 554 g/mol. The minimum absolute atomic E-state index is 0.126. The van der Waals surface area contributed by atoms with Crippen molar-refractivity contribution < 1.29 is 19.5 Å². The molecule has 0 spiro atoms. The number of pyridine rings is 1. The second-order valence-corrected chi connectivity index (χ2v) is 12.1. The maximum Gasteiger partial charge on any atom is 0.264 e. The molecule has 0 fully saturated rings. The normalized spacial score (nSPS) is 13.9. The maximum absolute atomic E-state index is 14.2. The highest BCUT2D eigenvalue weighted by molar-refractivity contribution is 6.43. The predicted molar refractivity (Wildman–Crippen MR) is 168 cm³/mol. The molecule has 2 amide bonds. The Hall–Kier alpha value is -5.63. The van der Waals surface area contributed by atoms with Gasteiger partial charge in [0.2, 0.25) is 0 Å². The zero-order valence-corrected chi connectivity index (χ0v) is 24.2. The molecule has 44 heavy (non-hydrogen) atoms. The Labute approximate surface area is 248 Å². The van der Waals surface area contributed by atoms with Crippen LogP contribution in [0.3, 0.4) is 0 Å². The van der Waals surface area contributed by atoms with Crippen LogP contribution in [-0.2, 0) is 4.79 Å². The summed E-state index contributed by atoms with van der Waals surface area (Å²) >= 11 is 0. The summed E-state index contributed by atoms with van der Waals surface area (Å²) in [4.78, 5) is 58.6. The molecule has 0 unspecified atom stereocenters. The van der Waals surface area contributed by atoms with Crippen molar-refractivity contribution in [1.29, 1.82) is 0 Å². The molecule has 6 aromatic carbocycles. The summed E-state index contributed by atoms with van der Waals surface area (Å²) in [5.41, 5.74) is 6.13. The fourth-order valence-electron chi connectivity index (χ4n) is 7.97. The number of carbonyl (C=O) groups is 3. The smallest absolute Gasteiger partial charge is 0.264 e. The van der Waals surface area contributed by atoms with Gasteiger partial charge in [-0.3, -0.25) is 23.7 Å². The molecule has 0 saturated heterocycles. The SMILES string of the molecule is Cc1cc2c3c(cc(C)c4c5c(C)cc6c7c(cc(C)c(c1c34)c57)c(=O)n1c3ccccc3nc61)C(=O)N(CC(=O)[O-])C2=O. The fourth-order valence-corrected chi connectivity index (χ4v) is 7.97. The van der Waals surface area contributed by atoms with Crippen LogP contribution >= 0.6 is 0 Å². The van der Waals surface area contributed by atoms with E-state index < -0.39 is 24.3 Å². The quantitative estimate of drug-likeness (QED) is 0.161. The maximum atomic E-state index is 14.2. The van der Waals surface area contributed by atoms with Crippen LogP contribution in [0.1, 0.15) is 43.0 Å². The van der Waals surface area contributed by atoms with Gasteiger partial charge in [0, 0.05) is 32.7 Å². The van der Waals surface area contributed by atoms with Crippen molar-refractivity contribution in [2.45, 2.75) is 27.7 Å². The van der Waals surface area contributed by atoms with Crippen molar-refractivity contribution >= 4 is 88.3 Å². The van der Waals surface area contributed by atoms with Gasteiger partial charge in [0.25, 0.3) is 17.4 Å². The topological polar surface area (TPSA) is 112 Å². The van der Waals surface area contributed by atoms with Gasteiger partial charge in [-0.1, -0.05) is 12.1 Å². The summed E-state index contributed by atoms with van der Waals surface area (Å²) in [7, 11) is 0. The van der Waals surface area contributed by atoms with E-state index in [0.29, 0.717) is 27.5 Å². The number of rotatable bonds is 2. The number of carbonyl (C=O) groups excluding carboxylic acids is 3. The minimum atomic E-state index is -1.50. The third-order valence-corrected chi connectivity index (χ3v) is 9.57. The molecule has 0 saturated carbocycles. The van der Waals surface area contributed by atoms with E-state index in [0.717, 1.165) is 81.3 Å². The van der Waals surface area contributed by atoms with Gasteiger partial charge >= 0.3 is 0 Å². The third-order valence-electron chi connectivity index (χ3n) is 9.57. The molecule has 212 valence electrons. The number of aromatic nitrogens is 2. The largest absolute Gasteiger partial charge is 0.548 e. The first-order chi connectivity index (χ1) is 21.1. The molecule has 3 heterocycles. The van der Waals surface area contributed by atoms with Gasteiger partial charge in [0.1, 0.15) is 5.65 Å². The summed E-state index contributed by atoms with van der Waals surface area (Å²) in [6, 6.07) is 15.2. The number of aliphatic carboxylic acids is 1. The number of para-hydroxylation sites is 2. The van der Waals surface area contributed by atoms with Crippen molar-refractivity contribution in [1.82, 2.24) is 14.3 Å². The van der Waals surface area contributed by atoms with Gasteiger partial charge in [0.05, 0.1) is 23.5 Å². The Kier molecular flexibility index (Phi) is 4.44. The van der Waals surface area contributed by atoms with Crippen molar-refractivity contribution in [2.75, 3.05) is 6.54 Å². The first-order valence-electron chi connectivity index (χ1n) is 14.4. The lowest BCUT2D eigenvalue weighted by atomic mass is 9.78. The monoisotopic (exact) mass is 576 g/mol. The Morgan fingerprint density at radius 2 is 1.20 bits per heavy atom. The lowest BCUT2D eigenvalue weighted by Crippen LogP contribution is -2.47. The molecular formula is C36H22N3O5-. The molecule has 0 bridgehead atoms. The molecule has 0 aliphatic carbocycles. The lowest BCUT2D eigenvalue weighted by Gasteiger charge is -2.30.